The molecule has 122 valence electrons. The lowest BCUT2D eigenvalue weighted by Crippen LogP contribution is -2.12. The van der Waals surface area contributed by atoms with Gasteiger partial charge in [-0.2, -0.15) is 5.26 Å². The summed E-state index contributed by atoms with van der Waals surface area (Å²) in [6.45, 7) is 0.488. The van der Waals surface area contributed by atoms with E-state index in [-0.39, 0.29) is 17.2 Å². The molecule has 0 aliphatic heterocycles. The van der Waals surface area contributed by atoms with Crippen molar-refractivity contribution >= 4 is 38.6 Å². The van der Waals surface area contributed by atoms with Crippen LogP contribution in [0.4, 0.5) is 16.0 Å². The molecular formula is C15H13BrFN7. The maximum absolute atomic E-state index is 13.7. The molecular weight excluding hydrogens is 377 g/mol. The summed E-state index contributed by atoms with van der Waals surface area (Å²) in [6, 6.07) is 5.00. The van der Waals surface area contributed by atoms with E-state index in [9.17, 15) is 4.39 Å². The van der Waals surface area contributed by atoms with Crippen LogP contribution < -0.4 is 11.1 Å². The van der Waals surface area contributed by atoms with Gasteiger partial charge < -0.3 is 15.6 Å². The molecule has 0 saturated carbocycles. The van der Waals surface area contributed by atoms with E-state index < -0.39 is 0 Å². The monoisotopic (exact) mass is 389 g/mol. The quantitative estimate of drug-likeness (QED) is 0.709. The van der Waals surface area contributed by atoms with Gasteiger partial charge in [-0.1, -0.05) is 0 Å². The summed E-state index contributed by atoms with van der Waals surface area (Å²) in [5.74, 6) is 0.975. The second-order valence-electron chi connectivity index (χ2n) is 5.09. The highest BCUT2D eigenvalue weighted by molar-refractivity contribution is 9.10. The number of imidazole rings is 1. The van der Waals surface area contributed by atoms with Crippen LogP contribution in [0.15, 0.2) is 22.9 Å². The summed E-state index contributed by atoms with van der Waals surface area (Å²) in [5, 5.41) is 12.2. The van der Waals surface area contributed by atoms with Gasteiger partial charge in [-0.15, -0.1) is 0 Å². The van der Waals surface area contributed by atoms with Crippen LogP contribution in [0.3, 0.4) is 0 Å². The molecule has 3 aromatic rings. The van der Waals surface area contributed by atoms with Crippen LogP contribution in [-0.2, 0) is 13.5 Å². The molecule has 24 heavy (non-hydrogen) atoms. The van der Waals surface area contributed by atoms with Crippen molar-refractivity contribution in [1.29, 1.82) is 5.26 Å². The number of anilines is 2. The van der Waals surface area contributed by atoms with Gasteiger partial charge in [0.05, 0.1) is 15.5 Å². The topological polar surface area (TPSA) is 105 Å². The molecule has 0 radical (unpaired) electrons. The number of nitrogens with two attached hydrogens (primary N) is 1. The predicted octanol–water partition coefficient (Wildman–Crippen LogP) is 2.37. The molecule has 1 aromatic carbocycles. The van der Waals surface area contributed by atoms with Gasteiger partial charge in [0.25, 0.3) is 0 Å². The molecule has 3 N–H and O–H groups in total. The number of nitrogen functional groups attached to an aromatic ring is 1. The minimum absolute atomic E-state index is 0.136. The lowest BCUT2D eigenvalue weighted by atomic mass is 10.3. The van der Waals surface area contributed by atoms with Gasteiger partial charge in [0.15, 0.2) is 0 Å². The van der Waals surface area contributed by atoms with Gasteiger partial charge in [0.1, 0.15) is 41.2 Å². The zero-order chi connectivity index (χ0) is 17.3. The Hall–Kier alpha value is -2.73. The minimum Gasteiger partial charge on any atom is -0.382 e. The van der Waals surface area contributed by atoms with Crippen molar-refractivity contribution in [1.82, 2.24) is 19.5 Å². The molecule has 0 spiro atoms. The van der Waals surface area contributed by atoms with Crippen LogP contribution in [0, 0.1) is 17.1 Å². The van der Waals surface area contributed by atoms with Crippen molar-refractivity contribution in [3.63, 3.8) is 0 Å². The van der Waals surface area contributed by atoms with Crippen LogP contribution in [0.1, 0.15) is 11.4 Å². The molecule has 7 nitrogen and oxygen atoms in total. The van der Waals surface area contributed by atoms with E-state index in [1.807, 2.05) is 17.7 Å². The van der Waals surface area contributed by atoms with E-state index in [1.165, 1.54) is 12.4 Å². The number of nitriles is 1. The second kappa shape index (κ2) is 6.41. The first-order valence-electron chi connectivity index (χ1n) is 7.06. The van der Waals surface area contributed by atoms with Gasteiger partial charge in [0, 0.05) is 20.0 Å². The minimum atomic E-state index is -0.328. The molecule has 0 saturated heterocycles. The highest BCUT2D eigenvalue weighted by Crippen LogP contribution is 2.27. The van der Waals surface area contributed by atoms with Crippen molar-refractivity contribution in [2.24, 2.45) is 7.05 Å². The molecule has 0 fully saturated rings. The molecule has 0 aliphatic rings. The molecule has 0 bridgehead atoms. The number of nitrogens with zero attached hydrogens (tertiary/aromatic N) is 5. The fourth-order valence-electron chi connectivity index (χ4n) is 2.44. The Bertz CT molecular complexity index is 961. The van der Waals surface area contributed by atoms with Gasteiger partial charge in [-0.25, -0.2) is 19.3 Å². The average Bonchev–Trinajstić information content (AvgIpc) is 2.88. The summed E-state index contributed by atoms with van der Waals surface area (Å²) in [7, 11) is 1.83. The van der Waals surface area contributed by atoms with Crippen molar-refractivity contribution in [2.45, 2.75) is 6.42 Å². The molecule has 2 heterocycles. The zero-order valence-corrected chi connectivity index (χ0v) is 14.3. The summed E-state index contributed by atoms with van der Waals surface area (Å²) in [6.07, 6.45) is 1.86. The van der Waals surface area contributed by atoms with Crippen molar-refractivity contribution in [2.75, 3.05) is 17.6 Å². The summed E-state index contributed by atoms with van der Waals surface area (Å²) >= 11 is 3.26. The van der Waals surface area contributed by atoms with E-state index >= 15 is 0 Å². The Balaban J connectivity index is 1.80. The van der Waals surface area contributed by atoms with Crippen LogP contribution in [0.5, 0.6) is 0 Å². The Labute approximate surface area is 145 Å². The van der Waals surface area contributed by atoms with Crippen LogP contribution in [0.2, 0.25) is 0 Å². The number of benzene rings is 1. The smallest absolute Gasteiger partial charge is 0.149 e. The van der Waals surface area contributed by atoms with Crippen LogP contribution >= 0.6 is 15.9 Å². The summed E-state index contributed by atoms with van der Waals surface area (Å²) < 4.78 is 15.9. The van der Waals surface area contributed by atoms with Crippen molar-refractivity contribution < 1.29 is 4.39 Å². The number of nitrogens with one attached hydrogen (secondary N) is 1. The second-order valence-corrected chi connectivity index (χ2v) is 5.88. The number of hydrogen-bond acceptors (Lipinski definition) is 6. The lowest BCUT2D eigenvalue weighted by molar-refractivity contribution is 0.622. The maximum atomic E-state index is 13.7. The van der Waals surface area contributed by atoms with Crippen molar-refractivity contribution in [3.8, 4) is 6.07 Å². The number of rotatable bonds is 4. The van der Waals surface area contributed by atoms with Crippen molar-refractivity contribution in [3.05, 3.63) is 40.1 Å². The molecule has 2 aromatic heterocycles. The number of halogens is 2. The van der Waals surface area contributed by atoms with E-state index in [4.69, 9.17) is 11.0 Å². The number of hydrogen-bond donors (Lipinski definition) is 2. The first kappa shape index (κ1) is 16.1. The third kappa shape index (κ3) is 2.76. The Morgan fingerprint density at radius 1 is 1.42 bits per heavy atom. The Kier molecular flexibility index (Phi) is 4.31. The highest BCUT2D eigenvalue weighted by atomic mass is 79.9. The van der Waals surface area contributed by atoms with Crippen LogP contribution in [-0.4, -0.2) is 26.1 Å². The maximum Gasteiger partial charge on any atom is 0.149 e. The molecule has 9 heteroatoms. The highest BCUT2D eigenvalue weighted by Gasteiger charge is 2.14. The first-order chi connectivity index (χ1) is 11.5. The summed E-state index contributed by atoms with van der Waals surface area (Å²) in [4.78, 5) is 12.3. The van der Waals surface area contributed by atoms with Crippen LogP contribution in [0.25, 0.3) is 11.0 Å². The SMILES string of the molecule is Cn1c(CCNc2ncnc(N)c2C#N)nc2ccc(F)c(Br)c21. The molecule has 0 aliphatic carbocycles. The molecule has 3 rings (SSSR count). The zero-order valence-electron chi connectivity index (χ0n) is 12.7. The third-order valence-corrected chi connectivity index (χ3v) is 4.40. The van der Waals surface area contributed by atoms with Gasteiger partial charge in [0.2, 0.25) is 0 Å². The average molecular weight is 390 g/mol. The number of fused-ring (bicyclic) bond motifs is 1. The molecule has 0 unspecified atom stereocenters. The Morgan fingerprint density at radius 2 is 2.21 bits per heavy atom. The standard InChI is InChI=1S/C15H13BrFN7/c1-24-11(23-10-3-2-9(17)12(16)13(10)24)4-5-20-15-8(6-18)14(19)21-7-22-15/h2-3,7H,4-5H2,1H3,(H3,19,20,21,22). The fourth-order valence-corrected chi connectivity index (χ4v) is 3.04. The lowest BCUT2D eigenvalue weighted by Gasteiger charge is -2.08. The molecule has 0 atom stereocenters. The number of aryl methyl sites for hydroxylation is 1. The third-order valence-electron chi connectivity index (χ3n) is 3.65. The fraction of sp³-hybridized carbons (Fsp3) is 0.200. The van der Waals surface area contributed by atoms with Gasteiger partial charge in [-0.3, -0.25) is 0 Å². The van der Waals surface area contributed by atoms with E-state index in [0.29, 0.717) is 34.3 Å². The van der Waals surface area contributed by atoms with Gasteiger partial charge >= 0.3 is 0 Å². The normalized spacial score (nSPS) is 10.8. The van der Waals surface area contributed by atoms with E-state index in [2.05, 4.69) is 36.2 Å². The largest absolute Gasteiger partial charge is 0.382 e. The number of aromatic nitrogens is 4. The predicted molar refractivity (Wildman–Crippen MR) is 91.7 cm³/mol. The van der Waals surface area contributed by atoms with E-state index in [0.717, 1.165) is 5.82 Å². The van der Waals surface area contributed by atoms with Gasteiger partial charge in [-0.05, 0) is 28.1 Å². The molecule has 0 amide bonds. The van der Waals surface area contributed by atoms with E-state index in [1.54, 1.807) is 6.07 Å². The Morgan fingerprint density at radius 3 is 2.96 bits per heavy atom. The summed E-state index contributed by atoms with van der Waals surface area (Å²) in [5.41, 5.74) is 7.28. The first-order valence-corrected chi connectivity index (χ1v) is 7.86.